The van der Waals surface area contributed by atoms with Crippen molar-refractivity contribution < 1.29 is 24.2 Å². The van der Waals surface area contributed by atoms with Crippen molar-refractivity contribution in [3.8, 4) is 0 Å². The Labute approximate surface area is 67.9 Å². The largest absolute Gasteiger partial charge is 0.478 e. The summed E-state index contributed by atoms with van der Waals surface area (Å²) < 4.78 is 8.76. The van der Waals surface area contributed by atoms with Crippen molar-refractivity contribution in [2.45, 2.75) is 6.92 Å². The second kappa shape index (κ2) is 3.08. The zero-order chi connectivity index (χ0) is 9.14. The molecule has 5 heteroatoms. The molecule has 0 amide bonds. The number of esters is 2. The van der Waals surface area contributed by atoms with E-state index in [4.69, 9.17) is 5.11 Å². The van der Waals surface area contributed by atoms with Crippen LogP contribution in [-0.4, -0.2) is 17.0 Å². The first-order chi connectivity index (χ1) is 5.59. The fourth-order valence-electron chi connectivity index (χ4n) is 0.566. The topological polar surface area (TPSA) is 72.8 Å². The smallest absolute Gasteiger partial charge is 0.338 e. The van der Waals surface area contributed by atoms with Gasteiger partial charge in [0.05, 0.1) is 0 Å². The highest BCUT2D eigenvalue weighted by Gasteiger charge is 2.13. The van der Waals surface area contributed by atoms with Gasteiger partial charge in [-0.15, -0.1) is 0 Å². The van der Waals surface area contributed by atoms with E-state index in [9.17, 15) is 9.59 Å². The molecule has 0 atom stereocenters. The van der Waals surface area contributed by atoms with E-state index in [2.05, 4.69) is 9.47 Å². The van der Waals surface area contributed by atoms with Crippen molar-refractivity contribution in [2.75, 3.05) is 0 Å². The molecule has 0 fully saturated rings. The predicted molar refractivity (Wildman–Crippen MR) is 36.7 cm³/mol. The molecule has 0 aromatic heterocycles. The zero-order valence-electron chi connectivity index (χ0n) is 6.23. The van der Waals surface area contributed by atoms with Crippen LogP contribution in [-0.2, 0) is 19.1 Å². The Morgan fingerprint density at radius 2 is 1.67 bits per heavy atom. The van der Waals surface area contributed by atoms with Crippen LogP contribution in [0.4, 0.5) is 0 Å². The van der Waals surface area contributed by atoms with Gasteiger partial charge in [0.2, 0.25) is 0 Å². The standard InChI is InChI=1S/C7H6O5/c1-4-7(10)12-6(9)3-2-5(8)11-4/h2-3,10H,1H3/b3-2-,7-4-. The molecule has 0 aliphatic carbocycles. The van der Waals surface area contributed by atoms with Gasteiger partial charge in [-0.2, -0.15) is 0 Å². The zero-order valence-corrected chi connectivity index (χ0v) is 6.23. The van der Waals surface area contributed by atoms with E-state index >= 15 is 0 Å². The average Bonchev–Trinajstić information content (AvgIpc) is 1.99. The number of cyclic esters (lactones) is 2. The molecule has 1 N–H and O–H groups in total. The van der Waals surface area contributed by atoms with Gasteiger partial charge < -0.3 is 14.6 Å². The van der Waals surface area contributed by atoms with Crippen LogP contribution in [0, 0.1) is 0 Å². The third kappa shape index (κ3) is 1.85. The van der Waals surface area contributed by atoms with Crippen LogP contribution in [0.1, 0.15) is 6.92 Å². The molecule has 0 spiro atoms. The van der Waals surface area contributed by atoms with Crippen molar-refractivity contribution in [2.24, 2.45) is 0 Å². The molecule has 5 nitrogen and oxygen atoms in total. The summed E-state index contributed by atoms with van der Waals surface area (Å²) in [5.74, 6) is -2.38. The number of aliphatic hydroxyl groups excluding tert-OH is 1. The number of allylic oxidation sites excluding steroid dienone is 1. The first-order valence-electron chi connectivity index (χ1n) is 3.11. The van der Waals surface area contributed by atoms with E-state index in [0.717, 1.165) is 12.2 Å². The summed E-state index contributed by atoms with van der Waals surface area (Å²) in [6.07, 6.45) is 1.78. The first kappa shape index (κ1) is 8.32. The number of ether oxygens (including phenoxy) is 2. The first-order valence-corrected chi connectivity index (χ1v) is 3.11. The number of rotatable bonds is 0. The molecule has 0 aromatic carbocycles. The SMILES string of the molecule is C/C1=C(\O)OC(=O)/C=C\C(=O)O1. The summed E-state index contributed by atoms with van der Waals surface area (Å²) in [4.78, 5) is 21.3. The van der Waals surface area contributed by atoms with Gasteiger partial charge >= 0.3 is 17.9 Å². The number of aliphatic hydroxyl groups is 1. The van der Waals surface area contributed by atoms with Gasteiger partial charge in [0, 0.05) is 19.1 Å². The van der Waals surface area contributed by atoms with E-state index in [1.54, 1.807) is 0 Å². The molecule has 64 valence electrons. The summed E-state index contributed by atoms with van der Waals surface area (Å²) in [7, 11) is 0. The van der Waals surface area contributed by atoms with Crippen LogP contribution in [0.25, 0.3) is 0 Å². The molecule has 1 rings (SSSR count). The van der Waals surface area contributed by atoms with Crippen LogP contribution in [0.2, 0.25) is 0 Å². The molecule has 0 bridgehead atoms. The lowest BCUT2D eigenvalue weighted by Crippen LogP contribution is -2.10. The van der Waals surface area contributed by atoms with Gasteiger partial charge in [-0.3, -0.25) is 0 Å². The molecule has 0 radical (unpaired) electrons. The highest BCUT2D eigenvalue weighted by molar-refractivity contribution is 5.92. The van der Waals surface area contributed by atoms with Crippen LogP contribution in [0.3, 0.4) is 0 Å². The third-order valence-corrected chi connectivity index (χ3v) is 1.11. The van der Waals surface area contributed by atoms with Crippen LogP contribution in [0.5, 0.6) is 0 Å². The lowest BCUT2D eigenvalue weighted by atomic mass is 10.4. The maximum Gasteiger partial charge on any atom is 0.338 e. The van der Waals surface area contributed by atoms with Crippen molar-refractivity contribution >= 4 is 11.9 Å². The Morgan fingerprint density at radius 1 is 1.17 bits per heavy atom. The van der Waals surface area contributed by atoms with Crippen molar-refractivity contribution in [3.05, 3.63) is 23.9 Å². The maximum absolute atomic E-state index is 10.7. The van der Waals surface area contributed by atoms with Crippen LogP contribution in [0.15, 0.2) is 23.9 Å². The normalized spacial score (nSPS) is 26.8. The molecular weight excluding hydrogens is 164 g/mol. The van der Waals surface area contributed by atoms with Crippen molar-refractivity contribution in [1.29, 1.82) is 0 Å². The van der Waals surface area contributed by atoms with Crippen LogP contribution >= 0.6 is 0 Å². The lowest BCUT2D eigenvalue weighted by molar-refractivity contribution is -0.143. The summed E-state index contributed by atoms with van der Waals surface area (Å²) in [5, 5.41) is 8.90. The molecule has 1 heterocycles. The second-order valence-electron chi connectivity index (χ2n) is 2.04. The summed E-state index contributed by atoms with van der Waals surface area (Å²) in [5.41, 5.74) is 0. The number of hydrogen-bond donors (Lipinski definition) is 1. The summed E-state index contributed by atoms with van der Waals surface area (Å²) >= 11 is 0. The fraction of sp³-hybridized carbons (Fsp3) is 0.143. The fourth-order valence-corrected chi connectivity index (χ4v) is 0.566. The number of carbonyl (C=O) groups is 2. The Balaban J connectivity index is 2.91. The molecule has 1 aliphatic heterocycles. The summed E-state index contributed by atoms with van der Waals surface area (Å²) in [6, 6.07) is 0. The van der Waals surface area contributed by atoms with Gasteiger partial charge in [0.1, 0.15) is 0 Å². The predicted octanol–water partition coefficient (Wildman–Crippen LogP) is 0.390. The monoisotopic (exact) mass is 170 g/mol. The van der Waals surface area contributed by atoms with Gasteiger partial charge in [-0.1, -0.05) is 0 Å². The van der Waals surface area contributed by atoms with Crippen molar-refractivity contribution in [1.82, 2.24) is 0 Å². The molecular formula is C7H6O5. The average molecular weight is 170 g/mol. The minimum absolute atomic E-state index is 0.141. The van der Waals surface area contributed by atoms with Crippen LogP contribution < -0.4 is 0 Å². The highest BCUT2D eigenvalue weighted by Crippen LogP contribution is 2.08. The Kier molecular flexibility index (Phi) is 2.14. The third-order valence-electron chi connectivity index (χ3n) is 1.11. The Morgan fingerprint density at radius 3 is 2.25 bits per heavy atom. The van der Waals surface area contributed by atoms with E-state index in [-0.39, 0.29) is 5.76 Å². The molecule has 12 heavy (non-hydrogen) atoms. The van der Waals surface area contributed by atoms with E-state index < -0.39 is 17.9 Å². The molecule has 0 unspecified atom stereocenters. The quantitative estimate of drug-likeness (QED) is 0.532. The molecule has 1 aliphatic rings. The minimum Gasteiger partial charge on any atom is -0.478 e. The maximum atomic E-state index is 10.7. The molecule has 0 saturated heterocycles. The van der Waals surface area contributed by atoms with Gasteiger partial charge in [-0.05, 0) is 0 Å². The van der Waals surface area contributed by atoms with Gasteiger partial charge in [0.15, 0.2) is 5.76 Å². The highest BCUT2D eigenvalue weighted by atomic mass is 16.6. The van der Waals surface area contributed by atoms with Crippen molar-refractivity contribution in [3.63, 3.8) is 0 Å². The second-order valence-corrected chi connectivity index (χ2v) is 2.04. The van der Waals surface area contributed by atoms with Gasteiger partial charge in [-0.25, -0.2) is 9.59 Å². The van der Waals surface area contributed by atoms with E-state index in [1.165, 1.54) is 6.92 Å². The summed E-state index contributed by atoms with van der Waals surface area (Å²) in [6.45, 7) is 1.31. The Hall–Kier alpha value is -1.78. The minimum atomic E-state index is -0.816. The van der Waals surface area contributed by atoms with E-state index in [1.807, 2.05) is 0 Å². The number of hydrogen-bond acceptors (Lipinski definition) is 5. The van der Waals surface area contributed by atoms with E-state index in [0.29, 0.717) is 0 Å². The molecule has 0 aromatic rings. The Bertz CT molecular complexity index is 258. The van der Waals surface area contributed by atoms with Gasteiger partial charge in [0.25, 0.3) is 0 Å². The molecule has 0 saturated carbocycles. The lowest BCUT2D eigenvalue weighted by Gasteiger charge is -2.06. The number of carbonyl (C=O) groups excluding carboxylic acids is 2.